The molecule has 0 saturated carbocycles. The molecule has 2 heterocycles. The smallest absolute Gasteiger partial charge is 0.411 e. The lowest BCUT2D eigenvalue weighted by atomic mass is 9.86. The Bertz CT molecular complexity index is 1150. The first-order chi connectivity index (χ1) is 18.2. The summed E-state index contributed by atoms with van der Waals surface area (Å²) in [6, 6.07) is 13.3. The van der Waals surface area contributed by atoms with Crippen LogP contribution in [0.15, 0.2) is 42.5 Å². The fourth-order valence-electron chi connectivity index (χ4n) is 4.91. The quantitative estimate of drug-likeness (QED) is 0.639. The lowest BCUT2D eigenvalue weighted by Crippen LogP contribution is -2.46. The van der Waals surface area contributed by atoms with Crippen LogP contribution in [-0.4, -0.2) is 87.2 Å². The SMILES string of the molecule is COC(=O)Nc1cc(C(=O)N2CCNCC2)ccc1N1CCCN(C(=O)c2ccc(C(C)(C)C)cc2)CC1. The van der Waals surface area contributed by atoms with Crippen molar-refractivity contribution < 1.29 is 19.1 Å². The molecule has 9 nitrogen and oxygen atoms in total. The lowest BCUT2D eigenvalue weighted by molar-refractivity contribution is 0.0734. The molecule has 0 aromatic heterocycles. The zero-order valence-electron chi connectivity index (χ0n) is 22.9. The van der Waals surface area contributed by atoms with Crippen LogP contribution in [0.2, 0.25) is 0 Å². The van der Waals surface area contributed by atoms with Gasteiger partial charge in [0, 0.05) is 63.5 Å². The highest BCUT2D eigenvalue weighted by Gasteiger charge is 2.25. The summed E-state index contributed by atoms with van der Waals surface area (Å²) in [6.07, 6.45) is 0.189. The maximum atomic E-state index is 13.3. The maximum absolute atomic E-state index is 13.3. The first-order valence-corrected chi connectivity index (χ1v) is 13.3. The van der Waals surface area contributed by atoms with Crippen LogP contribution >= 0.6 is 0 Å². The predicted octanol–water partition coefficient (Wildman–Crippen LogP) is 3.56. The molecular formula is C29H39N5O4. The van der Waals surface area contributed by atoms with E-state index in [1.165, 1.54) is 12.7 Å². The number of benzene rings is 2. The highest BCUT2D eigenvalue weighted by Crippen LogP contribution is 2.30. The number of anilines is 2. The number of amides is 3. The largest absolute Gasteiger partial charge is 0.453 e. The normalized spacial score (nSPS) is 16.6. The second kappa shape index (κ2) is 11.9. The van der Waals surface area contributed by atoms with Crippen molar-refractivity contribution in [2.24, 2.45) is 0 Å². The van der Waals surface area contributed by atoms with Gasteiger partial charge in [-0.1, -0.05) is 32.9 Å². The van der Waals surface area contributed by atoms with Gasteiger partial charge in [-0.2, -0.15) is 0 Å². The molecule has 2 fully saturated rings. The Hall–Kier alpha value is -3.59. The Morgan fingerprint density at radius 3 is 2.11 bits per heavy atom. The van der Waals surface area contributed by atoms with Crippen LogP contribution < -0.4 is 15.5 Å². The average Bonchev–Trinajstić information content (AvgIpc) is 3.18. The maximum Gasteiger partial charge on any atom is 0.411 e. The minimum atomic E-state index is -0.594. The summed E-state index contributed by atoms with van der Waals surface area (Å²) in [5, 5.41) is 6.04. The van der Waals surface area contributed by atoms with E-state index in [4.69, 9.17) is 4.74 Å². The molecule has 0 bridgehead atoms. The molecule has 0 spiro atoms. The Labute approximate surface area is 225 Å². The number of hydrogen-bond donors (Lipinski definition) is 2. The summed E-state index contributed by atoms with van der Waals surface area (Å²) in [5.41, 5.74) is 3.76. The highest BCUT2D eigenvalue weighted by molar-refractivity contribution is 5.99. The van der Waals surface area contributed by atoms with E-state index in [0.717, 1.165) is 25.2 Å². The van der Waals surface area contributed by atoms with Gasteiger partial charge in [-0.3, -0.25) is 14.9 Å². The average molecular weight is 522 g/mol. The topological polar surface area (TPSA) is 94.2 Å². The van der Waals surface area contributed by atoms with E-state index in [-0.39, 0.29) is 17.2 Å². The van der Waals surface area contributed by atoms with Gasteiger partial charge in [0.2, 0.25) is 0 Å². The molecule has 2 aromatic rings. The molecule has 2 saturated heterocycles. The Balaban J connectivity index is 1.50. The molecule has 9 heteroatoms. The van der Waals surface area contributed by atoms with Crippen molar-refractivity contribution in [1.82, 2.24) is 15.1 Å². The van der Waals surface area contributed by atoms with Crippen LogP contribution in [0, 0.1) is 0 Å². The standard InChI is InChI=1S/C29H39N5O4/c1-29(2,3)23-9-6-21(7-10-23)26(35)33-15-5-14-32(18-19-33)25-11-8-22(20-24(25)31-28(37)38-4)27(36)34-16-12-30-13-17-34/h6-11,20,30H,5,12-19H2,1-4H3,(H,31,37). The van der Waals surface area contributed by atoms with Gasteiger partial charge in [-0.05, 0) is 47.7 Å². The van der Waals surface area contributed by atoms with Crippen molar-refractivity contribution in [3.8, 4) is 0 Å². The van der Waals surface area contributed by atoms with E-state index in [0.29, 0.717) is 56.1 Å². The van der Waals surface area contributed by atoms with Crippen LogP contribution in [0.4, 0.5) is 16.2 Å². The van der Waals surface area contributed by atoms with Crippen LogP contribution in [0.25, 0.3) is 0 Å². The summed E-state index contributed by atoms with van der Waals surface area (Å²) < 4.78 is 4.84. The Morgan fingerprint density at radius 1 is 0.816 bits per heavy atom. The molecule has 0 atom stereocenters. The minimum Gasteiger partial charge on any atom is -0.453 e. The van der Waals surface area contributed by atoms with Crippen molar-refractivity contribution >= 4 is 29.3 Å². The van der Waals surface area contributed by atoms with E-state index in [9.17, 15) is 14.4 Å². The molecule has 0 unspecified atom stereocenters. The van der Waals surface area contributed by atoms with E-state index in [1.54, 1.807) is 6.07 Å². The second-order valence-electron chi connectivity index (χ2n) is 10.9. The number of methoxy groups -OCH3 is 1. The molecule has 2 aliphatic heterocycles. The van der Waals surface area contributed by atoms with E-state index < -0.39 is 6.09 Å². The van der Waals surface area contributed by atoms with Crippen molar-refractivity contribution in [3.05, 3.63) is 59.2 Å². The van der Waals surface area contributed by atoms with Gasteiger partial charge >= 0.3 is 6.09 Å². The first kappa shape index (κ1) is 27.4. The molecule has 2 aromatic carbocycles. The first-order valence-electron chi connectivity index (χ1n) is 13.3. The number of piperazine rings is 1. The van der Waals surface area contributed by atoms with Gasteiger partial charge in [0.15, 0.2) is 0 Å². The van der Waals surface area contributed by atoms with Crippen LogP contribution in [0.5, 0.6) is 0 Å². The third-order valence-electron chi connectivity index (χ3n) is 7.19. The van der Waals surface area contributed by atoms with Crippen molar-refractivity contribution in [2.45, 2.75) is 32.6 Å². The van der Waals surface area contributed by atoms with Gasteiger partial charge in [0.05, 0.1) is 18.5 Å². The number of hydrogen-bond acceptors (Lipinski definition) is 6. The lowest BCUT2D eigenvalue weighted by Gasteiger charge is -2.29. The van der Waals surface area contributed by atoms with Crippen molar-refractivity contribution in [2.75, 3.05) is 69.7 Å². The zero-order valence-corrected chi connectivity index (χ0v) is 22.9. The van der Waals surface area contributed by atoms with Crippen molar-refractivity contribution in [3.63, 3.8) is 0 Å². The van der Waals surface area contributed by atoms with Crippen molar-refractivity contribution in [1.29, 1.82) is 0 Å². The van der Waals surface area contributed by atoms with Crippen LogP contribution in [-0.2, 0) is 10.2 Å². The molecule has 0 radical (unpaired) electrons. The van der Waals surface area contributed by atoms with E-state index in [2.05, 4.69) is 36.3 Å². The molecule has 2 aliphatic rings. The zero-order chi connectivity index (χ0) is 27.3. The summed E-state index contributed by atoms with van der Waals surface area (Å²) in [6.45, 7) is 11.8. The summed E-state index contributed by atoms with van der Waals surface area (Å²) in [4.78, 5) is 44.3. The summed E-state index contributed by atoms with van der Waals surface area (Å²) in [5.74, 6) is -0.0340. The fourth-order valence-corrected chi connectivity index (χ4v) is 4.91. The number of nitrogens with one attached hydrogen (secondary N) is 2. The summed E-state index contributed by atoms with van der Waals surface area (Å²) in [7, 11) is 1.31. The Kier molecular flexibility index (Phi) is 8.56. The molecule has 3 amide bonds. The second-order valence-corrected chi connectivity index (χ2v) is 10.9. The predicted molar refractivity (Wildman–Crippen MR) is 149 cm³/mol. The minimum absolute atomic E-state index is 0.0252. The Morgan fingerprint density at radius 2 is 1.45 bits per heavy atom. The van der Waals surface area contributed by atoms with E-state index >= 15 is 0 Å². The highest BCUT2D eigenvalue weighted by atomic mass is 16.5. The molecule has 204 valence electrons. The fraction of sp³-hybridized carbons (Fsp3) is 0.483. The van der Waals surface area contributed by atoms with Gasteiger partial charge in [-0.25, -0.2) is 4.79 Å². The summed E-state index contributed by atoms with van der Waals surface area (Å²) >= 11 is 0. The molecule has 0 aliphatic carbocycles. The van der Waals surface area contributed by atoms with Gasteiger partial charge in [-0.15, -0.1) is 0 Å². The number of ether oxygens (including phenoxy) is 1. The van der Waals surface area contributed by atoms with Crippen LogP contribution in [0.1, 0.15) is 53.5 Å². The van der Waals surface area contributed by atoms with Gasteiger partial charge < -0.3 is 24.8 Å². The van der Waals surface area contributed by atoms with E-state index in [1.807, 2.05) is 46.2 Å². The number of nitrogens with zero attached hydrogens (tertiary/aromatic N) is 3. The molecule has 4 rings (SSSR count). The van der Waals surface area contributed by atoms with Crippen LogP contribution in [0.3, 0.4) is 0 Å². The van der Waals surface area contributed by atoms with Gasteiger partial charge in [0.25, 0.3) is 11.8 Å². The third-order valence-corrected chi connectivity index (χ3v) is 7.19. The number of carbonyl (C=O) groups excluding carboxylic acids is 3. The molecule has 2 N–H and O–H groups in total. The molecule has 38 heavy (non-hydrogen) atoms. The number of carbonyl (C=O) groups is 3. The monoisotopic (exact) mass is 521 g/mol. The molecular weight excluding hydrogens is 482 g/mol. The van der Waals surface area contributed by atoms with Gasteiger partial charge in [0.1, 0.15) is 0 Å². The number of rotatable bonds is 4. The third kappa shape index (κ3) is 6.45.